The molecule has 1 saturated carbocycles. The van der Waals surface area contributed by atoms with E-state index in [4.69, 9.17) is 4.74 Å². The fourth-order valence-electron chi connectivity index (χ4n) is 4.49. The number of hydrogen-bond donors (Lipinski definition) is 1. The van der Waals surface area contributed by atoms with Crippen LogP contribution in [0.15, 0.2) is 18.2 Å². The molecule has 2 heterocycles. The van der Waals surface area contributed by atoms with Crippen LogP contribution in [0.1, 0.15) is 44.1 Å². The van der Waals surface area contributed by atoms with Gasteiger partial charge in [-0.2, -0.15) is 0 Å². The molecule has 0 atom stereocenters. The number of hydrogen-bond acceptors (Lipinski definition) is 4. The van der Waals surface area contributed by atoms with E-state index < -0.39 is 5.92 Å². The summed E-state index contributed by atoms with van der Waals surface area (Å²) in [5.74, 6) is -2.12. The number of anilines is 1. The van der Waals surface area contributed by atoms with Crippen LogP contribution in [0.3, 0.4) is 0 Å². The van der Waals surface area contributed by atoms with Gasteiger partial charge in [0.15, 0.2) is 0 Å². The van der Waals surface area contributed by atoms with Crippen LogP contribution >= 0.6 is 0 Å². The average molecular weight is 408 g/mol. The minimum absolute atomic E-state index is 0.00709. The molecule has 0 spiro atoms. The molecule has 1 aromatic rings. The molecule has 0 aromatic heterocycles. The van der Waals surface area contributed by atoms with Crippen LogP contribution in [-0.4, -0.2) is 66.5 Å². The van der Waals surface area contributed by atoms with E-state index in [1.807, 2.05) is 25.1 Å². The van der Waals surface area contributed by atoms with Gasteiger partial charge in [0.05, 0.1) is 13.1 Å². The summed E-state index contributed by atoms with van der Waals surface area (Å²) in [6, 6.07) is 6.46. The van der Waals surface area contributed by atoms with E-state index in [2.05, 4.69) is 10.2 Å². The van der Waals surface area contributed by atoms with Crippen LogP contribution in [-0.2, 0) is 4.79 Å². The third kappa shape index (κ3) is 5.25. The third-order valence-corrected chi connectivity index (χ3v) is 6.46. The maximum Gasteiger partial charge on any atom is 0.261 e. The summed E-state index contributed by atoms with van der Waals surface area (Å²) in [7, 11) is 0. The normalized spacial score (nSPS) is 23.7. The van der Waals surface area contributed by atoms with E-state index >= 15 is 0 Å². The highest BCUT2D eigenvalue weighted by molar-refractivity contribution is 5.93. The summed E-state index contributed by atoms with van der Waals surface area (Å²) >= 11 is 0. The Bertz CT molecular complexity index is 731. The number of piperidine rings is 1. The fraction of sp³-hybridized carbons (Fsp3) is 0.682. The first-order valence-corrected chi connectivity index (χ1v) is 10.8. The van der Waals surface area contributed by atoms with Gasteiger partial charge in [-0.3, -0.25) is 9.69 Å². The average Bonchev–Trinajstić information content (AvgIpc) is 2.96. The van der Waals surface area contributed by atoms with Crippen LogP contribution in [0.25, 0.3) is 0 Å². The van der Waals surface area contributed by atoms with Crippen LogP contribution in [0.4, 0.5) is 14.5 Å². The second-order valence-corrected chi connectivity index (χ2v) is 8.78. The highest BCUT2D eigenvalue weighted by Crippen LogP contribution is 2.30. The second kappa shape index (κ2) is 8.56. The van der Waals surface area contributed by atoms with Gasteiger partial charge in [0, 0.05) is 37.8 Å². The lowest BCUT2D eigenvalue weighted by Crippen LogP contribution is -2.46. The molecule has 0 radical (unpaired) electrons. The van der Waals surface area contributed by atoms with Crippen LogP contribution in [0.5, 0.6) is 5.75 Å². The molecular formula is C22H31F2N3O2. The van der Waals surface area contributed by atoms with Crippen molar-refractivity contribution in [1.29, 1.82) is 0 Å². The van der Waals surface area contributed by atoms with E-state index in [-0.39, 0.29) is 38.1 Å². The molecule has 1 aromatic carbocycles. The van der Waals surface area contributed by atoms with Gasteiger partial charge in [-0.25, -0.2) is 8.78 Å². The number of alkyl halides is 2. The van der Waals surface area contributed by atoms with Gasteiger partial charge in [-0.05, 0) is 56.4 Å². The highest BCUT2D eigenvalue weighted by Gasteiger charge is 2.38. The summed E-state index contributed by atoms with van der Waals surface area (Å²) in [5, 5.41) is 2.84. The molecular weight excluding hydrogens is 376 g/mol. The summed E-state index contributed by atoms with van der Waals surface area (Å²) in [6.07, 6.45) is 6.22. The maximum atomic E-state index is 13.3. The van der Waals surface area contributed by atoms with Crippen LogP contribution in [0.2, 0.25) is 0 Å². The number of ether oxygens (including phenoxy) is 1. The minimum atomic E-state index is -2.68. The Kier molecular flexibility index (Phi) is 6.06. The van der Waals surface area contributed by atoms with Crippen molar-refractivity contribution < 1.29 is 18.3 Å². The van der Waals surface area contributed by atoms with Crippen molar-refractivity contribution in [1.82, 2.24) is 9.80 Å². The predicted octanol–water partition coefficient (Wildman–Crippen LogP) is 3.67. The number of nitrogens with zero attached hydrogens (tertiary/aromatic N) is 2. The molecule has 1 aliphatic carbocycles. The molecule has 2 aliphatic heterocycles. The summed E-state index contributed by atoms with van der Waals surface area (Å²) < 4.78 is 32.7. The van der Waals surface area contributed by atoms with E-state index in [1.165, 1.54) is 24.2 Å². The largest absolute Gasteiger partial charge is 0.490 e. The summed E-state index contributed by atoms with van der Waals surface area (Å²) in [4.78, 5) is 16.3. The van der Waals surface area contributed by atoms with Crippen molar-refractivity contribution in [3.05, 3.63) is 23.8 Å². The van der Waals surface area contributed by atoms with Crippen molar-refractivity contribution in [2.45, 2.75) is 63.5 Å². The standard InChI is InChI=1S/C22H31F2N3O2/c1-16-13-19(29-18-7-10-27(11-8-18)17-3-2-4-17)5-6-20(16)25-21(28)14-26-12-9-22(23,24)15-26/h5-6,13,17-18H,2-4,7-12,14-15H2,1H3,(H,25,28). The number of carbonyl (C=O) groups excluding carboxylic acids is 1. The van der Waals surface area contributed by atoms with Crippen molar-refractivity contribution >= 4 is 11.6 Å². The molecule has 2 saturated heterocycles. The van der Waals surface area contributed by atoms with Crippen molar-refractivity contribution in [3.8, 4) is 5.75 Å². The lowest BCUT2D eigenvalue weighted by atomic mass is 9.90. The maximum absolute atomic E-state index is 13.3. The van der Waals surface area contributed by atoms with Crippen molar-refractivity contribution in [2.75, 3.05) is 38.0 Å². The van der Waals surface area contributed by atoms with Gasteiger partial charge in [0.25, 0.3) is 5.92 Å². The van der Waals surface area contributed by atoms with E-state index in [1.54, 1.807) is 0 Å². The third-order valence-electron chi connectivity index (χ3n) is 6.46. The molecule has 1 N–H and O–H groups in total. The number of likely N-dealkylation sites (tertiary alicyclic amines) is 2. The molecule has 3 aliphatic rings. The fourth-order valence-corrected chi connectivity index (χ4v) is 4.49. The summed E-state index contributed by atoms with van der Waals surface area (Å²) in [5.41, 5.74) is 1.61. The minimum Gasteiger partial charge on any atom is -0.490 e. The number of carbonyl (C=O) groups is 1. The molecule has 7 heteroatoms. The quantitative estimate of drug-likeness (QED) is 0.782. The Balaban J connectivity index is 1.25. The molecule has 5 nitrogen and oxygen atoms in total. The van der Waals surface area contributed by atoms with Gasteiger partial charge in [-0.1, -0.05) is 6.42 Å². The number of amides is 1. The van der Waals surface area contributed by atoms with Crippen molar-refractivity contribution in [3.63, 3.8) is 0 Å². The number of aryl methyl sites for hydroxylation is 1. The number of rotatable bonds is 6. The smallest absolute Gasteiger partial charge is 0.261 e. The first-order chi connectivity index (χ1) is 13.9. The topological polar surface area (TPSA) is 44.8 Å². The number of nitrogens with one attached hydrogen (secondary N) is 1. The molecule has 1 amide bonds. The highest BCUT2D eigenvalue weighted by atomic mass is 19.3. The zero-order valence-corrected chi connectivity index (χ0v) is 17.1. The van der Waals surface area contributed by atoms with Gasteiger partial charge in [0.1, 0.15) is 11.9 Å². The zero-order chi connectivity index (χ0) is 20.4. The predicted molar refractivity (Wildman–Crippen MR) is 109 cm³/mol. The van der Waals surface area contributed by atoms with Gasteiger partial charge in [-0.15, -0.1) is 0 Å². The summed E-state index contributed by atoms with van der Waals surface area (Å²) in [6.45, 7) is 4.05. The van der Waals surface area contributed by atoms with Gasteiger partial charge >= 0.3 is 0 Å². The molecule has 0 bridgehead atoms. The van der Waals surface area contributed by atoms with Gasteiger partial charge in [0.2, 0.25) is 5.91 Å². The Labute approximate surface area is 171 Å². The molecule has 3 fully saturated rings. The Hall–Kier alpha value is -1.73. The first-order valence-electron chi connectivity index (χ1n) is 10.8. The second-order valence-electron chi connectivity index (χ2n) is 8.78. The zero-order valence-electron chi connectivity index (χ0n) is 17.1. The first kappa shape index (κ1) is 20.5. The molecule has 4 rings (SSSR count). The SMILES string of the molecule is Cc1cc(OC2CCN(C3CCC3)CC2)ccc1NC(=O)CN1CCC(F)(F)C1. The van der Waals surface area contributed by atoms with E-state index in [9.17, 15) is 13.6 Å². The number of halogens is 2. The van der Waals surface area contributed by atoms with Crippen molar-refractivity contribution in [2.24, 2.45) is 0 Å². The Morgan fingerprint density at radius 3 is 2.55 bits per heavy atom. The Morgan fingerprint density at radius 1 is 1.21 bits per heavy atom. The van der Waals surface area contributed by atoms with Crippen LogP contribution in [0, 0.1) is 6.92 Å². The molecule has 0 unspecified atom stereocenters. The van der Waals surface area contributed by atoms with E-state index in [0.29, 0.717) is 5.69 Å². The van der Waals surface area contributed by atoms with Crippen LogP contribution < -0.4 is 10.1 Å². The molecule has 29 heavy (non-hydrogen) atoms. The Morgan fingerprint density at radius 2 is 1.97 bits per heavy atom. The van der Waals surface area contributed by atoms with E-state index in [0.717, 1.165) is 43.3 Å². The number of benzene rings is 1. The lowest BCUT2D eigenvalue weighted by Gasteiger charge is -2.41. The molecule has 160 valence electrons. The lowest BCUT2D eigenvalue weighted by molar-refractivity contribution is -0.117. The van der Waals surface area contributed by atoms with Gasteiger partial charge < -0.3 is 15.0 Å². The monoisotopic (exact) mass is 407 g/mol.